The summed E-state index contributed by atoms with van der Waals surface area (Å²) in [6.07, 6.45) is 19.2. The van der Waals surface area contributed by atoms with E-state index in [0.29, 0.717) is 5.75 Å². The van der Waals surface area contributed by atoms with Crippen molar-refractivity contribution >= 4 is 73.2 Å². The molecule has 0 aliphatic rings. The molecule has 0 amide bonds. The molecular formula is C38H36FN5O3S2. The number of allylic oxidation sites excluding steroid dienone is 4. The number of phenols is 1. The summed E-state index contributed by atoms with van der Waals surface area (Å²) < 4.78 is 19.6. The number of aliphatic hydroxyl groups excluding tert-OH is 1. The summed E-state index contributed by atoms with van der Waals surface area (Å²) in [5, 5.41) is 23.5. The minimum atomic E-state index is -1.10. The van der Waals surface area contributed by atoms with Crippen LogP contribution in [-0.4, -0.2) is 56.6 Å². The average molecular weight is 694 g/mol. The number of aromatic nitrogens is 4. The molecule has 0 spiro atoms. The van der Waals surface area contributed by atoms with Crippen LogP contribution in [0.2, 0.25) is 0 Å². The zero-order valence-electron chi connectivity index (χ0n) is 27.0. The second kappa shape index (κ2) is 17.8. The average Bonchev–Trinajstić information content (AvgIpc) is 3.74. The van der Waals surface area contributed by atoms with Gasteiger partial charge in [0.05, 0.1) is 20.4 Å². The molecule has 0 aliphatic heterocycles. The molecule has 49 heavy (non-hydrogen) atoms. The van der Waals surface area contributed by atoms with E-state index in [1.54, 1.807) is 40.9 Å². The zero-order valence-corrected chi connectivity index (χ0v) is 28.7. The lowest BCUT2D eigenvalue weighted by Crippen LogP contribution is -2.19. The third kappa shape index (κ3) is 10.6. The number of pyridine rings is 2. The molecule has 11 heteroatoms. The largest absolute Gasteiger partial charge is 0.508 e. The Bertz CT molecular complexity index is 2070. The summed E-state index contributed by atoms with van der Waals surface area (Å²) in [6, 6.07) is 18.7. The van der Waals surface area contributed by atoms with Gasteiger partial charge in [0.15, 0.2) is 0 Å². The van der Waals surface area contributed by atoms with Gasteiger partial charge in [-0.15, -0.1) is 22.7 Å². The minimum Gasteiger partial charge on any atom is -0.508 e. The lowest BCUT2D eigenvalue weighted by molar-refractivity contribution is 0.0842. The van der Waals surface area contributed by atoms with E-state index in [0.717, 1.165) is 59.5 Å². The maximum Gasteiger partial charge on any atom is 0.125 e. The molecule has 0 saturated carbocycles. The van der Waals surface area contributed by atoms with Crippen molar-refractivity contribution in [3.05, 3.63) is 124 Å². The van der Waals surface area contributed by atoms with Crippen LogP contribution < -0.4 is 10.1 Å². The first-order valence-electron chi connectivity index (χ1n) is 15.6. The van der Waals surface area contributed by atoms with Crippen molar-refractivity contribution in [3.63, 3.8) is 0 Å². The number of aryl methyl sites for hydroxylation is 1. The highest BCUT2D eigenvalue weighted by molar-refractivity contribution is 7.19. The van der Waals surface area contributed by atoms with Gasteiger partial charge in [0, 0.05) is 25.1 Å². The molecule has 6 rings (SSSR count). The number of nitrogens with one attached hydrogen (secondary N) is 1. The topological polar surface area (TPSA) is 113 Å². The van der Waals surface area contributed by atoms with Gasteiger partial charge in [0.1, 0.15) is 46.7 Å². The second-order valence-electron chi connectivity index (χ2n) is 10.6. The van der Waals surface area contributed by atoms with Crippen LogP contribution in [0.4, 0.5) is 10.2 Å². The molecule has 0 radical (unpaired) electrons. The number of aromatic hydroxyl groups is 1. The molecule has 6 aromatic rings. The van der Waals surface area contributed by atoms with E-state index in [4.69, 9.17) is 4.74 Å². The SMILES string of the molecule is CCc1ccc(/C=C/C=C/c2nc3ccc(OCC(O)CF)cc3s2)cn1.CNc1ccc(/C=C/C=C/c2nc3ccc(O)cc3s2)cn1. The van der Waals surface area contributed by atoms with Crippen LogP contribution in [0, 0.1) is 0 Å². The molecule has 0 bridgehead atoms. The highest BCUT2D eigenvalue weighted by Gasteiger charge is 2.07. The maximum atomic E-state index is 12.3. The minimum absolute atomic E-state index is 0.0630. The molecule has 8 nitrogen and oxygen atoms in total. The van der Waals surface area contributed by atoms with Crippen LogP contribution in [0.3, 0.4) is 0 Å². The molecular weight excluding hydrogens is 658 g/mol. The van der Waals surface area contributed by atoms with E-state index in [2.05, 4.69) is 38.2 Å². The number of fused-ring (bicyclic) bond motifs is 2. The Morgan fingerprint density at radius 1 is 0.796 bits per heavy atom. The smallest absolute Gasteiger partial charge is 0.125 e. The van der Waals surface area contributed by atoms with Crippen LogP contribution in [0.25, 0.3) is 44.7 Å². The highest BCUT2D eigenvalue weighted by Crippen LogP contribution is 2.28. The molecule has 0 saturated heterocycles. The van der Waals surface area contributed by atoms with Gasteiger partial charge in [-0.25, -0.2) is 19.3 Å². The Kier molecular flexibility index (Phi) is 12.7. The molecule has 1 atom stereocenters. The standard InChI is InChI=1S/C21H21FN2O2S.C17H15N3OS/c1-2-16-8-7-15(13-23-16)5-3-4-6-21-24-19-10-9-18(11-20(19)27-21)26-14-17(25)12-22;1-18-16-9-6-12(11-19-16)4-2-3-5-17-20-14-8-7-13(21)10-15(14)22-17/h3-11,13,17,25H,2,12,14H2,1H3;2-11,21H,1H3,(H,18,19)/b5-3+,6-4+;4-2+,5-3+. The van der Waals surface area contributed by atoms with Gasteiger partial charge in [-0.3, -0.25) is 4.98 Å². The summed E-state index contributed by atoms with van der Waals surface area (Å²) >= 11 is 3.09. The Morgan fingerprint density at radius 2 is 1.41 bits per heavy atom. The maximum absolute atomic E-state index is 12.3. The van der Waals surface area contributed by atoms with Crippen LogP contribution >= 0.6 is 22.7 Å². The second-order valence-corrected chi connectivity index (χ2v) is 12.7. The van der Waals surface area contributed by atoms with E-state index < -0.39 is 12.8 Å². The Balaban J connectivity index is 0.000000195. The fraction of sp³-hybridized carbons (Fsp3) is 0.158. The Labute approximate surface area is 292 Å². The van der Waals surface area contributed by atoms with Crippen LogP contribution in [0.1, 0.15) is 33.8 Å². The zero-order chi connectivity index (χ0) is 34.4. The highest BCUT2D eigenvalue weighted by atomic mass is 32.1. The summed E-state index contributed by atoms with van der Waals surface area (Å²) in [7, 11) is 1.85. The number of halogens is 1. The number of nitrogens with zero attached hydrogens (tertiary/aromatic N) is 4. The predicted octanol–water partition coefficient (Wildman–Crippen LogP) is 8.85. The first-order chi connectivity index (χ1) is 23.9. The number of phenolic OH excluding ortho intramolecular Hbond substituents is 1. The van der Waals surface area contributed by atoms with Crippen LogP contribution in [0.5, 0.6) is 11.5 Å². The van der Waals surface area contributed by atoms with Gasteiger partial charge < -0.3 is 20.3 Å². The van der Waals surface area contributed by atoms with Crippen molar-refractivity contribution in [2.75, 3.05) is 25.6 Å². The van der Waals surface area contributed by atoms with Crippen molar-refractivity contribution < 1.29 is 19.3 Å². The van der Waals surface area contributed by atoms with E-state index in [9.17, 15) is 14.6 Å². The number of thiazole rings is 2. The molecule has 0 aliphatic carbocycles. The number of benzene rings is 2. The lowest BCUT2D eigenvalue weighted by atomic mass is 10.2. The van der Waals surface area contributed by atoms with Gasteiger partial charge in [-0.05, 0) is 84.3 Å². The summed E-state index contributed by atoms with van der Waals surface area (Å²) in [6.45, 7) is 1.21. The molecule has 250 valence electrons. The van der Waals surface area contributed by atoms with Crippen LogP contribution in [-0.2, 0) is 6.42 Å². The predicted molar refractivity (Wildman–Crippen MR) is 202 cm³/mol. The molecule has 4 aromatic heterocycles. The summed E-state index contributed by atoms with van der Waals surface area (Å²) in [5.74, 6) is 1.71. The number of hydrogen-bond donors (Lipinski definition) is 3. The van der Waals surface area contributed by atoms with Crippen molar-refractivity contribution in [1.82, 2.24) is 19.9 Å². The van der Waals surface area contributed by atoms with Crippen molar-refractivity contribution in [1.29, 1.82) is 0 Å². The number of ether oxygens (including phenoxy) is 1. The van der Waals surface area contributed by atoms with E-state index in [1.165, 1.54) is 0 Å². The normalized spacial score (nSPS) is 12.4. The van der Waals surface area contributed by atoms with Crippen molar-refractivity contribution in [2.24, 2.45) is 0 Å². The quantitative estimate of drug-likeness (QED) is 0.109. The van der Waals surface area contributed by atoms with Gasteiger partial charge >= 0.3 is 0 Å². The molecule has 1 unspecified atom stereocenters. The first-order valence-corrected chi connectivity index (χ1v) is 17.2. The van der Waals surface area contributed by atoms with Crippen molar-refractivity contribution in [2.45, 2.75) is 19.4 Å². The van der Waals surface area contributed by atoms with Gasteiger partial charge in [0.25, 0.3) is 0 Å². The first kappa shape index (κ1) is 35.1. The monoisotopic (exact) mass is 693 g/mol. The Hall–Kier alpha value is -5.23. The number of hydrogen-bond acceptors (Lipinski definition) is 10. The summed E-state index contributed by atoms with van der Waals surface area (Å²) in [4.78, 5) is 17.7. The molecule has 3 N–H and O–H groups in total. The van der Waals surface area contributed by atoms with E-state index in [-0.39, 0.29) is 12.4 Å². The third-order valence-corrected chi connectivity index (χ3v) is 8.88. The number of alkyl halides is 1. The fourth-order valence-electron chi connectivity index (χ4n) is 4.33. The number of rotatable bonds is 12. The summed E-state index contributed by atoms with van der Waals surface area (Å²) in [5.41, 5.74) is 4.95. The van der Waals surface area contributed by atoms with Gasteiger partial charge in [-0.1, -0.05) is 49.4 Å². The lowest BCUT2D eigenvalue weighted by Gasteiger charge is -2.08. The Morgan fingerprint density at radius 3 is 1.98 bits per heavy atom. The van der Waals surface area contributed by atoms with Crippen molar-refractivity contribution in [3.8, 4) is 11.5 Å². The van der Waals surface area contributed by atoms with Crippen LogP contribution in [0.15, 0.2) is 97.4 Å². The van der Waals surface area contributed by atoms with E-state index in [1.807, 2.05) is 104 Å². The van der Waals surface area contributed by atoms with Gasteiger partial charge in [0.2, 0.25) is 0 Å². The number of aliphatic hydroxyl groups is 1. The third-order valence-electron chi connectivity index (χ3n) is 6.92. The molecule has 0 fully saturated rings. The number of anilines is 1. The fourth-order valence-corrected chi connectivity index (χ4v) is 6.15. The molecule has 4 heterocycles. The van der Waals surface area contributed by atoms with Gasteiger partial charge in [-0.2, -0.15) is 0 Å². The van der Waals surface area contributed by atoms with E-state index >= 15 is 0 Å². The molecule has 2 aromatic carbocycles.